The molecule has 0 saturated heterocycles. The molecule has 0 spiro atoms. The van der Waals surface area contributed by atoms with E-state index in [1.165, 1.54) is 32.1 Å². The van der Waals surface area contributed by atoms with Crippen molar-refractivity contribution in [1.82, 2.24) is 5.32 Å². The zero-order valence-electron chi connectivity index (χ0n) is 12.4. The highest BCUT2D eigenvalue weighted by atomic mass is 16.1. The van der Waals surface area contributed by atoms with E-state index in [0.717, 1.165) is 35.8 Å². The van der Waals surface area contributed by atoms with Crippen molar-refractivity contribution in [3.05, 3.63) is 35.4 Å². The predicted octanol–water partition coefficient (Wildman–Crippen LogP) is 2.70. The molecule has 3 nitrogen and oxygen atoms in total. The van der Waals surface area contributed by atoms with Crippen LogP contribution in [0.25, 0.3) is 0 Å². The third-order valence-electron chi connectivity index (χ3n) is 6.21. The van der Waals surface area contributed by atoms with Crippen molar-refractivity contribution in [2.45, 2.75) is 44.7 Å². The maximum absolute atomic E-state index is 11.2. The van der Waals surface area contributed by atoms with E-state index >= 15 is 0 Å². The van der Waals surface area contributed by atoms with Gasteiger partial charge in [-0.3, -0.25) is 4.79 Å². The zero-order valence-corrected chi connectivity index (χ0v) is 12.4. The molecule has 0 aromatic heterocycles. The third-order valence-corrected chi connectivity index (χ3v) is 6.21. The molecule has 3 aliphatic carbocycles. The Labute approximate surface area is 126 Å². The molecular formula is C18H24N2O. The molecule has 3 fully saturated rings. The number of carbonyl (C=O) groups is 1. The molecule has 1 aromatic carbocycles. The first-order valence-electron chi connectivity index (χ1n) is 8.34. The van der Waals surface area contributed by atoms with Gasteiger partial charge in [0.05, 0.1) is 0 Å². The summed E-state index contributed by atoms with van der Waals surface area (Å²) >= 11 is 0. The Bertz CT molecular complexity index is 556. The van der Waals surface area contributed by atoms with Crippen LogP contribution in [0.15, 0.2) is 24.3 Å². The van der Waals surface area contributed by atoms with Crippen LogP contribution < -0.4 is 11.1 Å². The minimum absolute atomic E-state index is 0.342. The Morgan fingerprint density at radius 3 is 2.90 bits per heavy atom. The zero-order chi connectivity index (χ0) is 14.4. The van der Waals surface area contributed by atoms with Crippen molar-refractivity contribution in [3.63, 3.8) is 0 Å². The molecule has 21 heavy (non-hydrogen) atoms. The first-order valence-corrected chi connectivity index (χ1v) is 8.34. The number of nitrogens with two attached hydrogens (primary N) is 1. The topological polar surface area (TPSA) is 55.1 Å². The van der Waals surface area contributed by atoms with Crippen LogP contribution in [0.1, 0.15) is 48.0 Å². The lowest BCUT2D eigenvalue weighted by Gasteiger charge is -2.32. The average Bonchev–Trinajstić information content (AvgIpc) is 3.17. The fourth-order valence-electron chi connectivity index (χ4n) is 5.39. The standard InChI is InChI=1S/C18H24N2O/c19-18(21)12-4-1-3-11(7-12)10-20-17-9-13-8-16(17)15-6-2-5-14(13)15/h1,3-4,7,13-17,20H,2,5-6,8-10H2,(H2,19,21)/t13-,14+,15+,16-,17+/m0/s1. The van der Waals surface area contributed by atoms with Crippen LogP contribution in [0.3, 0.4) is 0 Å². The van der Waals surface area contributed by atoms with Gasteiger partial charge in [0, 0.05) is 18.2 Å². The molecule has 1 amide bonds. The highest BCUT2D eigenvalue weighted by Gasteiger charge is 2.53. The smallest absolute Gasteiger partial charge is 0.248 e. The Balaban J connectivity index is 1.40. The van der Waals surface area contributed by atoms with E-state index in [1.807, 2.05) is 12.1 Å². The summed E-state index contributed by atoms with van der Waals surface area (Å²) in [6.45, 7) is 0.854. The molecule has 0 radical (unpaired) electrons. The minimum atomic E-state index is -0.342. The summed E-state index contributed by atoms with van der Waals surface area (Å²) in [6, 6.07) is 8.38. The molecule has 4 rings (SSSR count). The maximum atomic E-state index is 11.2. The fraction of sp³-hybridized carbons (Fsp3) is 0.611. The van der Waals surface area contributed by atoms with E-state index < -0.39 is 0 Å². The number of hydrogen-bond acceptors (Lipinski definition) is 2. The van der Waals surface area contributed by atoms with Crippen LogP contribution in [0.2, 0.25) is 0 Å². The Kier molecular flexibility index (Phi) is 3.26. The number of rotatable bonds is 4. The first kappa shape index (κ1) is 13.3. The number of fused-ring (bicyclic) bond motifs is 5. The summed E-state index contributed by atoms with van der Waals surface area (Å²) in [5.41, 5.74) is 7.12. The highest BCUT2D eigenvalue weighted by molar-refractivity contribution is 5.92. The Morgan fingerprint density at radius 2 is 2.05 bits per heavy atom. The molecule has 1 aromatic rings. The van der Waals surface area contributed by atoms with E-state index in [9.17, 15) is 4.79 Å². The van der Waals surface area contributed by atoms with Crippen LogP contribution in [-0.2, 0) is 6.54 Å². The molecule has 2 bridgehead atoms. The molecule has 3 aliphatic rings. The third kappa shape index (κ3) is 2.28. The van der Waals surface area contributed by atoms with Gasteiger partial charge in [0.15, 0.2) is 0 Å². The van der Waals surface area contributed by atoms with E-state index in [-0.39, 0.29) is 5.91 Å². The summed E-state index contributed by atoms with van der Waals surface area (Å²) in [6.07, 6.45) is 7.21. The van der Waals surface area contributed by atoms with Crippen molar-refractivity contribution < 1.29 is 4.79 Å². The number of benzene rings is 1. The number of primary amides is 1. The van der Waals surface area contributed by atoms with Gasteiger partial charge in [-0.15, -0.1) is 0 Å². The second kappa shape index (κ2) is 5.13. The van der Waals surface area contributed by atoms with Gasteiger partial charge in [0.25, 0.3) is 0 Å². The lowest BCUT2D eigenvalue weighted by Crippen LogP contribution is -2.38. The molecule has 0 heterocycles. The lowest BCUT2D eigenvalue weighted by atomic mass is 9.79. The van der Waals surface area contributed by atoms with Crippen LogP contribution in [-0.4, -0.2) is 11.9 Å². The largest absolute Gasteiger partial charge is 0.366 e. The summed E-state index contributed by atoms with van der Waals surface area (Å²) in [5, 5.41) is 3.76. The van der Waals surface area contributed by atoms with Gasteiger partial charge >= 0.3 is 0 Å². The van der Waals surface area contributed by atoms with Crippen molar-refractivity contribution in [2.24, 2.45) is 29.4 Å². The SMILES string of the molecule is NC(=O)c1cccc(CN[C@@H]2C[C@@H]3C[C@H]2[C@@H]2CCC[C@H]32)c1. The Hall–Kier alpha value is -1.35. The normalized spacial score (nSPS) is 36.9. The molecule has 3 N–H and O–H groups in total. The number of hydrogen-bond donors (Lipinski definition) is 2. The van der Waals surface area contributed by atoms with Gasteiger partial charge in [-0.1, -0.05) is 18.6 Å². The van der Waals surface area contributed by atoms with Gasteiger partial charge in [0.2, 0.25) is 5.91 Å². The van der Waals surface area contributed by atoms with Gasteiger partial charge in [-0.25, -0.2) is 0 Å². The number of amides is 1. The summed E-state index contributed by atoms with van der Waals surface area (Å²) in [4.78, 5) is 11.2. The highest BCUT2D eigenvalue weighted by Crippen LogP contribution is 2.58. The number of carbonyl (C=O) groups excluding carboxylic acids is 1. The van der Waals surface area contributed by atoms with Gasteiger partial charge in [-0.05, 0) is 67.1 Å². The predicted molar refractivity (Wildman–Crippen MR) is 82.6 cm³/mol. The monoisotopic (exact) mass is 284 g/mol. The van der Waals surface area contributed by atoms with E-state index in [2.05, 4.69) is 11.4 Å². The molecule has 0 aliphatic heterocycles. The van der Waals surface area contributed by atoms with E-state index in [0.29, 0.717) is 11.6 Å². The van der Waals surface area contributed by atoms with Crippen LogP contribution >= 0.6 is 0 Å². The maximum Gasteiger partial charge on any atom is 0.248 e. The molecule has 0 unspecified atom stereocenters. The Morgan fingerprint density at radius 1 is 1.19 bits per heavy atom. The van der Waals surface area contributed by atoms with Crippen molar-refractivity contribution >= 4 is 5.91 Å². The van der Waals surface area contributed by atoms with Crippen molar-refractivity contribution in [3.8, 4) is 0 Å². The number of nitrogens with one attached hydrogen (secondary N) is 1. The van der Waals surface area contributed by atoms with E-state index in [1.54, 1.807) is 6.07 Å². The second-order valence-electron chi connectivity index (χ2n) is 7.21. The summed E-state index contributed by atoms with van der Waals surface area (Å²) in [5.74, 6) is 3.59. The van der Waals surface area contributed by atoms with Crippen LogP contribution in [0, 0.1) is 23.7 Å². The van der Waals surface area contributed by atoms with Gasteiger partial charge < -0.3 is 11.1 Å². The van der Waals surface area contributed by atoms with Gasteiger partial charge in [-0.2, -0.15) is 0 Å². The van der Waals surface area contributed by atoms with E-state index in [4.69, 9.17) is 5.73 Å². The second-order valence-corrected chi connectivity index (χ2v) is 7.21. The minimum Gasteiger partial charge on any atom is -0.366 e. The molecule has 112 valence electrons. The summed E-state index contributed by atoms with van der Waals surface area (Å²) in [7, 11) is 0. The lowest BCUT2D eigenvalue weighted by molar-refractivity contribution is 0.1000. The van der Waals surface area contributed by atoms with Crippen molar-refractivity contribution in [2.75, 3.05) is 0 Å². The molecule has 5 atom stereocenters. The molecular weight excluding hydrogens is 260 g/mol. The van der Waals surface area contributed by atoms with Crippen LogP contribution in [0.4, 0.5) is 0 Å². The molecule has 3 heteroatoms. The van der Waals surface area contributed by atoms with Gasteiger partial charge in [0.1, 0.15) is 0 Å². The first-order chi connectivity index (χ1) is 10.2. The van der Waals surface area contributed by atoms with Crippen LogP contribution in [0.5, 0.6) is 0 Å². The summed E-state index contributed by atoms with van der Waals surface area (Å²) < 4.78 is 0. The van der Waals surface area contributed by atoms with Crippen molar-refractivity contribution in [1.29, 1.82) is 0 Å². The molecule has 3 saturated carbocycles. The quantitative estimate of drug-likeness (QED) is 0.893. The average molecular weight is 284 g/mol. The fourth-order valence-corrected chi connectivity index (χ4v) is 5.39.